The highest BCUT2D eigenvalue weighted by atomic mass is 28.4. The van der Waals surface area contributed by atoms with Crippen LogP contribution in [0, 0.1) is 0 Å². The van der Waals surface area contributed by atoms with E-state index in [1.807, 2.05) is 0 Å². The first-order valence-corrected chi connectivity index (χ1v) is 17.9. The maximum Gasteiger partial charge on any atom is 0.330 e. The highest BCUT2D eigenvalue weighted by molar-refractivity contribution is 6.74. The largest absolute Gasteiger partial charge is 0.455 e. The molecule has 0 aromatic heterocycles. The van der Waals surface area contributed by atoms with Crippen LogP contribution in [0.15, 0.2) is 37.5 Å². The summed E-state index contributed by atoms with van der Waals surface area (Å²) < 4.78 is 18.2. The third-order valence-corrected chi connectivity index (χ3v) is 16.1. The van der Waals surface area contributed by atoms with Crippen LogP contribution in [0.1, 0.15) is 54.9 Å². The zero-order valence-electron chi connectivity index (χ0n) is 23.3. The molecule has 34 heavy (non-hydrogen) atoms. The van der Waals surface area contributed by atoms with Crippen molar-refractivity contribution < 1.29 is 28.6 Å². The molecule has 0 spiro atoms. The van der Waals surface area contributed by atoms with Gasteiger partial charge in [-0.1, -0.05) is 60.3 Å². The zero-order chi connectivity index (χ0) is 27.1. The Hall–Kier alpha value is -1.04. The molecule has 0 rings (SSSR count). The molecule has 198 valence electrons. The molecule has 5 atom stereocenters. The minimum absolute atomic E-state index is 0.0319. The van der Waals surface area contributed by atoms with Gasteiger partial charge >= 0.3 is 5.97 Å². The second-order valence-corrected chi connectivity index (χ2v) is 21.5. The number of carbonyl (C=O) groups excluding carboxylic acids is 1. The molecule has 0 aromatic carbocycles. The topological polar surface area (TPSA) is 85.2 Å². The predicted molar refractivity (Wildman–Crippen MR) is 146 cm³/mol. The number of ether oxygens (including phenoxy) is 1. The van der Waals surface area contributed by atoms with E-state index in [0.29, 0.717) is 6.42 Å². The second-order valence-electron chi connectivity index (χ2n) is 12.0. The minimum atomic E-state index is -2.32. The zero-order valence-corrected chi connectivity index (χ0v) is 25.3. The van der Waals surface area contributed by atoms with Crippen molar-refractivity contribution in [2.75, 3.05) is 0 Å². The summed E-state index contributed by atoms with van der Waals surface area (Å²) in [7, 11) is -4.47. The Bertz CT molecular complexity index is 703. The highest BCUT2D eigenvalue weighted by Gasteiger charge is 2.44. The highest BCUT2D eigenvalue weighted by Crippen LogP contribution is 2.39. The first kappa shape index (κ1) is 33.0. The van der Waals surface area contributed by atoms with Crippen molar-refractivity contribution in [1.82, 2.24) is 0 Å². The van der Waals surface area contributed by atoms with Crippen molar-refractivity contribution in [3.63, 3.8) is 0 Å². The van der Waals surface area contributed by atoms with Crippen molar-refractivity contribution in [3.8, 4) is 0 Å². The van der Waals surface area contributed by atoms with Crippen molar-refractivity contribution in [3.05, 3.63) is 37.5 Å². The summed E-state index contributed by atoms with van der Waals surface area (Å²) in [6, 6.07) is 0. The van der Waals surface area contributed by atoms with Gasteiger partial charge in [0.05, 0.1) is 12.2 Å². The Morgan fingerprint density at radius 1 is 0.882 bits per heavy atom. The van der Waals surface area contributed by atoms with Gasteiger partial charge in [-0.15, -0.1) is 6.58 Å². The van der Waals surface area contributed by atoms with Crippen LogP contribution < -0.4 is 0 Å². The molecule has 0 unspecified atom stereocenters. The van der Waals surface area contributed by atoms with E-state index in [2.05, 4.69) is 80.9 Å². The van der Waals surface area contributed by atoms with Gasteiger partial charge in [-0.25, -0.2) is 4.79 Å². The lowest BCUT2D eigenvalue weighted by atomic mass is 10.0. The summed E-state index contributed by atoms with van der Waals surface area (Å²) in [4.78, 5) is 11.7. The minimum Gasteiger partial charge on any atom is -0.455 e. The van der Waals surface area contributed by atoms with Gasteiger partial charge in [0, 0.05) is 12.5 Å². The number of hydrogen-bond acceptors (Lipinski definition) is 6. The average Bonchev–Trinajstić information content (AvgIpc) is 2.67. The third kappa shape index (κ3) is 9.91. The smallest absolute Gasteiger partial charge is 0.330 e. The summed E-state index contributed by atoms with van der Waals surface area (Å²) in [6.07, 6.45) is 2.13. The van der Waals surface area contributed by atoms with Crippen molar-refractivity contribution in [2.45, 2.75) is 122 Å². The Balaban J connectivity index is 5.98. The molecule has 0 fully saturated rings. The second kappa shape index (κ2) is 12.8. The summed E-state index contributed by atoms with van der Waals surface area (Å²) in [5, 5.41) is 22.2. The van der Waals surface area contributed by atoms with Gasteiger partial charge in [0.25, 0.3) is 0 Å². The standard InChI is InChI=1S/C26H50O6Si2/c1-14-16-20(30-22(27)15-2)17-18-21(32-34(12,13)26(7,8)9)24(29)23(28)19(3)31-33(10,11)25(4,5)6/h14-15,17-21,23-24,28-29H,1-2,16H2,3-13H3/b18-17-/t19-,20+,21-,23-,24-/m0/s1. The first-order valence-electron chi connectivity index (χ1n) is 12.0. The Morgan fingerprint density at radius 3 is 1.76 bits per heavy atom. The molecule has 0 saturated heterocycles. The first-order chi connectivity index (χ1) is 15.2. The number of hydrogen-bond donors (Lipinski definition) is 2. The SMILES string of the molecule is C=CC[C@H](/C=C\[C@H](O[Si](C)(C)C(C)(C)C)[C@H](O)[C@@H](O)[C@H](C)O[Si](C)(C)C(C)(C)C)OC(=O)C=C. The number of aliphatic hydroxyl groups excluding tert-OH is 2. The molecule has 0 aromatic rings. The average molecular weight is 515 g/mol. The molecule has 0 aliphatic heterocycles. The van der Waals surface area contributed by atoms with E-state index in [9.17, 15) is 15.0 Å². The molecular weight excluding hydrogens is 464 g/mol. The summed E-state index contributed by atoms with van der Waals surface area (Å²) >= 11 is 0. The fourth-order valence-corrected chi connectivity index (χ4v) is 5.36. The third-order valence-electron chi connectivity index (χ3n) is 7.04. The number of esters is 1. The van der Waals surface area contributed by atoms with E-state index in [-0.39, 0.29) is 10.1 Å². The van der Waals surface area contributed by atoms with Crippen LogP contribution in [0.3, 0.4) is 0 Å². The van der Waals surface area contributed by atoms with Crippen LogP contribution in [0.4, 0.5) is 0 Å². The number of aliphatic hydroxyl groups is 2. The van der Waals surface area contributed by atoms with E-state index in [1.54, 1.807) is 25.2 Å². The summed E-state index contributed by atoms with van der Waals surface area (Å²) in [5.41, 5.74) is 0. The molecule has 8 heteroatoms. The fourth-order valence-electron chi connectivity index (χ4n) is 2.68. The summed E-state index contributed by atoms with van der Waals surface area (Å²) in [6.45, 7) is 30.0. The molecule has 0 radical (unpaired) electrons. The lowest BCUT2D eigenvalue weighted by molar-refractivity contribution is -0.140. The lowest BCUT2D eigenvalue weighted by Crippen LogP contribution is -2.53. The van der Waals surface area contributed by atoms with Crippen LogP contribution >= 0.6 is 0 Å². The van der Waals surface area contributed by atoms with Crippen LogP contribution in [-0.4, -0.2) is 63.3 Å². The van der Waals surface area contributed by atoms with E-state index in [0.717, 1.165) is 6.08 Å². The maximum absolute atomic E-state index is 11.7. The van der Waals surface area contributed by atoms with E-state index in [1.165, 1.54) is 0 Å². The molecule has 0 heterocycles. The molecule has 0 aliphatic rings. The Morgan fingerprint density at radius 2 is 1.35 bits per heavy atom. The predicted octanol–water partition coefficient (Wildman–Crippen LogP) is 5.74. The molecule has 2 N–H and O–H groups in total. The molecule has 0 aliphatic carbocycles. The van der Waals surface area contributed by atoms with Gasteiger partial charge in [-0.2, -0.15) is 0 Å². The number of rotatable bonds is 13. The van der Waals surface area contributed by atoms with Crippen LogP contribution in [-0.2, 0) is 18.4 Å². The summed E-state index contributed by atoms with van der Waals surface area (Å²) in [5.74, 6) is -0.546. The lowest BCUT2D eigenvalue weighted by Gasteiger charge is -2.43. The van der Waals surface area contributed by atoms with E-state index in [4.69, 9.17) is 13.6 Å². The molecule has 0 saturated carbocycles. The van der Waals surface area contributed by atoms with Crippen molar-refractivity contribution >= 4 is 22.6 Å². The van der Waals surface area contributed by atoms with Crippen LogP contribution in [0.25, 0.3) is 0 Å². The quantitative estimate of drug-likeness (QED) is 0.141. The van der Waals surface area contributed by atoms with Crippen molar-refractivity contribution in [2.24, 2.45) is 0 Å². The molecule has 0 bridgehead atoms. The fraction of sp³-hybridized carbons (Fsp3) is 0.731. The van der Waals surface area contributed by atoms with Gasteiger partial charge < -0.3 is 23.8 Å². The van der Waals surface area contributed by atoms with E-state index >= 15 is 0 Å². The van der Waals surface area contributed by atoms with Gasteiger partial charge in [0.15, 0.2) is 16.6 Å². The van der Waals surface area contributed by atoms with E-state index < -0.39 is 53.1 Å². The monoisotopic (exact) mass is 514 g/mol. The molecule has 0 amide bonds. The van der Waals surface area contributed by atoms with Gasteiger partial charge in [-0.3, -0.25) is 0 Å². The van der Waals surface area contributed by atoms with Crippen LogP contribution in [0.5, 0.6) is 0 Å². The number of carbonyl (C=O) groups is 1. The van der Waals surface area contributed by atoms with Crippen molar-refractivity contribution in [1.29, 1.82) is 0 Å². The Kier molecular flexibility index (Phi) is 12.4. The molecular formula is C26H50O6Si2. The van der Waals surface area contributed by atoms with Gasteiger partial charge in [0.2, 0.25) is 0 Å². The van der Waals surface area contributed by atoms with Gasteiger partial charge in [0.1, 0.15) is 18.3 Å². The Labute approximate surface area is 210 Å². The maximum atomic E-state index is 11.7. The van der Waals surface area contributed by atoms with Crippen LogP contribution in [0.2, 0.25) is 36.3 Å². The molecule has 6 nitrogen and oxygen atoms in total. The van der Waals surface area contributed by atoms with Gasteiger partial charge in [-0.05, 0) is 49.3 Å². The normalized spacial score (nSPS) is 18.1.